The second kappa shape index (κ2) is 7.43. The van der Waals surface area contributed by atoms with Gasteiger partial charge in [-0.25, -0.2) is 0 Å². The summed E-state index contributed by atoms with van der Waals surface area (Å²) in [6, 6.07) is 0. The number of likely N-dealkylation sites (tertiary alicyclic amines) is 1. The fraction of sp³-hybridized carbons (Fsp3) is 0.733. The van der Waals surface area contributed by atoms with Crippen molar-refractivity contribution in [2.75, 3.05) is 26.2 Å². The molecule has 1 aliphatic heterocycles. The first-order chi connectivity index (χ1) is 9.68. The Morgan fingerprint density at radius 3 is 2.45 bits per heavy atom. The molecule has 1 aliphatic carbocycles. The third-order valence-corrected chi connectivity index (χ3v) is 4.24. The number of aliphatic carboxylic acids is 1. The molecule has 1 heterocycles. The lowest BCUT2D eigenvalue weighted by Crippen LogP contribution is -2.39. The smallest absolute Gasteiger partial charge is 0.307 e. The Kier molecular flexibility index (Phi) is 5.59. The number of carboxylic acids is 1. The summed E-state index contributed by atoms with van der Waals surface area (Å²) in [5.41, 5.74) is 0. The zero-order valence-corrected chi connectivity index (χ0v) is 11.9. The van der Waals surface area contributed by atoms with Gasteiger partial charge in [0.1, 0.15) is 0 Å². The van der Waals surface area contributed by atoms with Gasteiger partial charge in [-0.1, -0.05) is 12.2 Å². The van der Waals surface area contributed by atoms with Crippen LogP contribution < -0.4 is 5.32 Å². The molecule has 0 bridgehead atoms. The van der Waals surface area contributed by atoms with E-state index in [0.29, 0.717) is 19.4 Å². The molecule has 0 saturated carbocycles. The maximum absolute atomic E-state index is 12.1. The molecule has 0 radical (unpaired) electrons. The Morgan fingerprint density at radius 2 is 1.80 bits per heavy atom. The molecular formula is C15H24N2O3. The summed E-state index contributed by atoms with van der Waals surface area (Å²) in [7, 11) is 0. The zero-order chi connectivity index (χ0) is 14.4. The second-order valence-electron chi connectivity index (χ2n) is 5.69. The SMILES string of the molecule is O=C(O)C1CC=CCC1C(=O)NCCCN1CCCC1. The van der Waals surface area contributed by atoms with Gasteiger partial charge in [0.2, 0.25) is 5.91 Å². The van der Waals surface area contributed by atoms with Crippen LogP contribution in [-0.2, 0) is 9.59 Å². The highest BCUT2D eigenvalue weighted by Crippen LogP contribution is 2.25. The monoisotopic (exact) mass is 280 g/mol. The van der Waals surface area contributed by atoms with Crippen molar-refractivity contribution >= 4 is 11.9 Å². The minimum absolute atomic E-state index is 0.108. The van der Waals surface area contributed by atoms with Gasteiger partial charge in [-0.05, 0) is 51.7 Å². The number of nitrogens with one attached hydrogen (secondary N) is 1. The summed E-state index contributed by atoms with van der Waals surface area (Å²) < 4.78 is 0. The van der Waals surface area contributed by atoms with Crippen LogP contribution >= 0.6 is 0 Å². The van der Waals surface area contributed by atoms with Crippen LogP contribution in [0.5, 0.6) is 0 Å². The lowest BCUT2D eigenvalue weighted by atomic mass is 9.82. The Hall–Kier alpha value is -1.36. The van der Waals surface area contributed by atoms with Gasteiger partial charge in [0.05, 0.1) is 11.8 Å². The van der Waals surface area contributed by atoms with E-state index in [0.717, 1.165) is 13.0 Å². The highest BCUT2D eigenvalue weighted by Gasteiger charge is 2.33. The molecule has 5 heteroatoms. The van der Waals surface area contributed by atoms with Gasteiger partial charge in [0.25, 0.3) is 0 Å². The molecule has 1 fully saturated rings. The molecule has 1 saturated heterocycles. The van der Waals surface area contributed by atoms with Gasteiger partial charge in [-0.15, -0.1) is 0 Å². The summed E-state index contributed by atoms with van der Waals surface area (Å²) >= 11 is 0. The van der Waals surface area contributed by atoms with E-state index < -0.39 is 17.8 Å². The first kappa shape index (κ1) is 15.0. The molecule has 0 aromatic rings. The minimum atomic E-state index is -0.869. The van der Waals surface area contributed by atoms with Gasteiger partial charge in [0.15, 0.2) is 0 Å². The number of nitrogens with zero attached hydrogens (tertiary/aromatic N) is 1. The number of amides is 1. The highest BCUT2D eigenvalue weighted by atomic mass is 16.4. The molecule has 5 nitrogen and oxygen atoms in total. The van der Waals surface area contributed by atoms with Crippen LogP contribution in [0.15, 0.2) is 12.2 Å². The van der Waals surface area contributed by atoms with Gasteiger partial charge >= 0.3 is 5.97 Å². The van der Waals surface area contributed by atoms with Crippen LogP contribution in [0.2, 0.25) is 0 Å². The van der Waals surface area contributed by atoms with E-state index in [2.05, 4.69) is 10.2 Å². The number of carbonyl (C=O) groups is 2. The van der Waals surface area contributed by atoms with Crippen LogP contribution in [0, 0.1) is 11.8 Å². The Balaban J connectivity index is 1.70. The molecule has 20 heavy (non-hydrogen) atoms. The topological polar surface area (TPSA) is 69.6 Å². The summed E-state index contributed by atoms with van der Waals surface area (Å²) in [6.07, 6.45) is 8.26. The van der Waals surface area contributed by atoms with Gasteiger partial charge < -0.3 is 15.3 Å². The normalized spacial score (nSPS) is 26.6. The lowest BCUT2D eigenvalue weighted by Gasteiger charge is -2.24. The van der Waals surface area contributed by atoms with Crippen molar-refractivity contribution in [2.24, 2.45) is 11.8 Å². The van der Waals surface area contributed by atoms with E-state index in [-0.39, 0.29) is 5.91 Å². The number of carboxylic acid groups (broad SMARTS) is 1. The molecule has 2 aliphatic rings. The van der Waals surface area contributed by atoms with Crippen LogP contribution in [0.4, 0.5) is 0 Å². The highest BCUT2D eigenvalue weighted by molar-refractivity contribution is 5.85. The Labute approximate surface area is 120 Å². The minimum Gasteiger partial charge on any atom is -0.481 e. The van der Waals surface area contributed by atoms with E-state index in [4.69, 9.17) is 5.11 Å². The molecule has 0 aromatic carbocycles. The van der Waals surface area contributed by atoms with Crippen LogP contribution in [0.3, 0.4) is 0 Å². The molecule has 2 N–H and O–H groups in total. The fourth-order valence-corrected chi connectivity index (χ4v) is 3.03. The molecule has 2 atom stereocenters. The Morgan fingerprint density at radius 1 is 1.15 bits per heavy atom. The third-order valence-electron chi connectivity index (χ3n) is 4.24. The van der Waals surface area contributed by atoms with Crippen LogP contribution in [0.1, 0.15) is 32.1 Å². The Bertz CT molecular complexity index is 375. The molecule has 2 unspecified atom stereocenters. The standard InChI is InChI=1S/C15H24N2O3/c18-14(12-6-1-2-7-13(12)15(19)20)16-8-5-11-17-9-3-4-10-17/h1-2,12-13H,3-11H2,(H,16,18)(H,19,20). The van der Waals surface area contributed by atoms with E-state index in [9.17, 15) is 9.59 Å². The first-order valence-corrected chi connectivity index (χ1v) is 7.56. The van der Waals surface area contributed by atoms with Gasteiger partial charge in [-0.2, -0.15) is 0 Å². The average molecular weight is 280 g/mol. The number of hydrogen-bond donors (Lipinski definition) is 2. The maximum Gasteiger partial charge on any atom is 0.307 e. The lowest BCUT2D eigenvalue weighted by molar-refractivity contribution is -0.147. The van der Waals surface area contributed by atoms with E-state index in [1.54, 1.807) is 0 Å². The number of rotatable bonds is 6. The third kappa shape index (κ3) is 4.07. The van der Waals surface area contributed by atoms with Gasteiger partial charge in [-0.3, -0.25) is 9.59 Å². The summed E-state index contributed by atoms with van der Waals surface area (Å²) in [5.74, 6) is -1.96. The molecule has 2 rings (SSSR count). The number of allylic oxidation sites excluding steroid dienone is 2. The second-order valence-corrected chi connectivity index (χ2v) is 5.69. The quantitative estimate of drug-likeness (QED) is 0.567. The van der Waals surface area contributed by atoms with Crippen LogP contribution in [-0.4, -0.2) is 48.1 Å². The predicted octanol–water partition coefficient (Wildman–Crippen LogP) is 1.26. The van der Waals surface area contributed by atoms with Crippen molar-refractivity contribution in [2.45, 2.75) is 32.1 Å². The average Bonchev–Trinajstić information content (AvgIpc) is 2.96. The molecule has 1 amide bonds. The number of carbonyl (C=O) groups excluding carboxylic acids is 1. The molecule has 112 valence electrons. The van der Waals surface area contributed by atoms with Crippen LogP contribution in [0.25, 0.3) is 0 Å². The fourth-order valence-electron chi connectivity index (χ4n) is 3.03. The molecule has 0 aromatic heterocycles. The van der Waals surface area contributed by atoms with E-state index >= 15 is 0 Å². The molecular weight excluding hydrogens is 256 g/mol. The van der Waals surface area contributed by atoms with E-state index in [1.165, 1.54) is 25.9 Å². The predicted molar refractivity (Wildman–Crippen MR) is 76.3 cm³/mol. The van der Waals surface area contributed by atoms with Crippen molar-refractivity contribution in [3.8, 4) is 0 Å². The number of hydrogen-bond acceptors (Lipinski definition) is 3. The van der Waals surface area contributed by atoms with Crippen molar-refractivity contribution < 1.29 is 14.7 Å². The summed E-state index contributed by atoms with van der Waals surface area (Å²) in [4.78, 5) is 25.7. The zero-order valence-electron chi connectivity index (χ0n) is 11.9. The largest absolute Gasteiger partial charge is 0.481 e. The van der Waals surface area contributed by atoms with Crippen molar-refractivity contribution in [3.05, 3.63) is 12.2 Å². The van der Waals surface area contributed by atoms with Crippen molar-refractivity contribution in [1.29, 1.82) is 0 Å². The molecule has 0 spiro atoms. The van der Waals surface area contributed by atoms with Crippen molar-refractivity contribution in [3.63, 3.8) is 0 Å². The van der Waals surface area contributed by atoms with E-state index in [1.807, 2.05) is 12.2 Å². The van der Waals surface area contributed by atoms with Gasteiger partial charge in [0, 0.05) is 6.54 Å². The summed E-state index contributed by atoms with van der Waals surface area (Å²) in [5, 5.41) is 12.1. The summed E-state index contributed by atoms with van der Waals surface area (Å²) in [6.45, 7) is 4.00. The first-order valence-electron chi connectivity index (χ1n) is 7.56. The maximum atomic E-state index is 12.1. The van der Waals surface area contributed by atoms with Crippen molar-refractivity contribution in [1.82, 2.24) is 10.2 Å².